The van der Waals surface area contributed by atoms with Crippen molar-refractivity contribution in [3.63, 3.8) is 0 Å². The van der Waals surface area contributed by atoms with Crippen LogP contribution < -0.4 is 10.6 Å². The van der Waals surface area contributed by atoms with Crippen LogP contribution in [0.2, 0.25) is 0 Å². The highest BCUT2D eigenvalue weighted by Gasteiger charge is 2.24. The molecule has 0 bridgehead atoms. The smallest absolute Gasteiger partial charge is 0.242 e. The first-order valence-electron chi connectivity index (χ1n) is 10.2. The zero-order valence-electron chi connectivity index (χ0n) is 18.1. The van der Waals surface area contributed by atoms with E-state index < -0.39 is 5.25 Å². The Balaban J connectivity index is 1.55. The minimum absolute atomic E-state index is 0.0881. The molecule has 5 nitrogen and oxygen atoms in total. The average Bonchev–Trinajstić information content (AvgIpc) is 3.20. The van der Waals surface area contributed by atoms with Crippen molar-refractivity contribution in [2.45, 2.75) is 30.4 Å². The number of nitrogens with zero attached hydrogens (tertiary/aromatic N) is 2. The zero-order valence-corrected chi connectivity index (χ0v) is 19.8. The Kier molecular flexibility index (Phi) is 6.87. The maximum atomic E-state index is 13.3. The van der Waals surface area contributed by atoms with E-state index in [9.17, 15) is 4.79 Å². The van der Waals surface area contributed by atoms with Gasteiger partial charge in [-0.05, 0) is 61.2 Å². The molecule has 0 saturated heterocycles. The molecule has 2 N–H and O–H groups in total. The van der Waals surface area contributed by atoms with E-state index in [4.69, 9.17) is 0 Å². The van der Waals surface area contributed by atoms with E-state index in [0.717, 1.165) is 38.0 Å². The third-order valence-electron chi connectivity index (χ3n) is 4.84. The van der Waals surface area contributed by atoms with Crippen LogP contribution >= 0.6 is 23.1 Å². The number of aromatic nitrogens is 2. The van der Waals surface area contributed by atoms with Crippen LogP contribution in [0.5, 0.6) is 0 Å². The maximum Gasteiger partial charge on any atom is 0.242 e. The summed E-state index contributed by atoms with van der Waals surface area (Å²) < 4.78 is 0.727. The molecule has 1 heterocycles. The molecular weight excluding hydrogens is 436 g/mol. The van der Waals surface area contributed by atoms with Gasteiger partial charge in [0.15, 0.2) is 4.34 Å². The van der Waals surface area contributed by atoms with Gasteiger partial charge in [-0.2, -0.15) is 0 Å². The van der Waals surface area contributed by atoms with Gasteiger partial charge in [0.05, 0.1) is 0 Å². The molecule has 3 aromatic carbocycles. The highest BCUT2D eigenvalue weighted by molar-refractivity contribution is 8.02. The molecule has 0 aliphatic rings. The van der Waals surface area contributed by atoms with Gasteiger partial charge in [-0.25, -0.2) is 0 Å². The third-order valence-corrected chi connectivity index (χ3v) is 7.02. The Morgan fingerprint density at radius 3 is 2.31 bits per heavy atom. The highest BCUT2D eigenvalue weighted by atomic mass is 32.2. The van der Waals surface area contributed by atoms with E-state index in [2.05, 4.69) is 26.9 Å². The number of carbonyl (C=O) groups is 1. The molecule has 0 aliphatic heterocycles. The number of aryl methyl sites for hydroxylation is 3. The van der Waals surface area contributed by atoms with Gasteiger partial charge in [-0.1, -0.05) is 77.7 Å². The Morgan fingerprint density at radius 1 is 0.906 bits per heavy atom. The van der Waals surface area contributed by atoms with Gasteiger partial charge in [0.25, 0.3) is 0 Å². The molecule has 0 saturated carbocycles. The summed E-state index contributed by atoms with van der Waals surface area (Å²) in [7, 11) is 0. The lowest BCUT2D eigenvalue weighted by Gasteiger charge is -2.16. The number of benzene rings is 3. The predicted molar refractivity (Wildman–Crippen MR) is 134 cm³/mol. The standard InChI is InChI=1S/C25H24N4OS2/c1-16-13-17(2)15-20(14-16)26-23(30)22(19-10-5-4-6-11-19)31-25-29-28-24(32-25)27-21-12-8-7-9-18(21)3/h4-15,22H,1-3H3,(H,26,30)(H,27,28). The van der Waals surface area contributed by atoms with Crippen LogP contribution in [0.4, 0.5) is 16.5 Å². The van der Waals surface area contributed by atoms with Gasteiger partial charge in [0.1, 0.15) is 5.25 Å². The predicted octanol–water partition coefficient (Wildman–Crippen LogP) is 6.68. The van der Waals surface area contributed by atoms with E-state index >= 15 is 0 Å². The summed E-state index contributed by atoms with van der Waals surface area (Å²) in [5.74, 6) is -0.0881. The molecule has 0 fully saturated rings. The third kappa shape index (κ3) is 5.55. The molecule has 4 aromatic rings. The summed E-state index contributed by atoms with van der Waals surface area (Å²) >= 11 is 2.84. The van der Waals surface area contributed by atoms with Gasteiger partial charge < -0.3 is 10.6 Å². The molecule has 0 radical (unpaired) electrons. The first-order valence-corrected chi connectivity index (χ1v) is 11.9. The molecule has 0 spiro atoms. The maximum absolute atomic E-state index is 13.3. The highest BCUT2D eigenvalue weighted by Crippen LogP contribution is 2.39. The van der Waals surface area contributed by atoms with E-state index in [1.165, 1.54) is 23.1 Å². The van der Waals surface area contributed by atoms with Crippen molar-refractivity contribution >= 4 is 45.5 Å². The number of amides is 1. The summed E-state index contributed by atoms with van der Waals surface area (Å²) in [6.07, 6.45) is 0. The van der Waals surface area contributed by atoms with Gasteiger partial charge in [0.2, 0.25) is 11.0 Å². The largest absolute Gasteiger partial charge is 0.330 e. The summed E-state index contributed by atoms with van der Waals surface area (Å²) in [6.45, 7) is 6.09. The van der Waals surface area contributed by atoms with Crippen molar-refractivity contribution in [2.24, 2.45) is 0 Å². The molecule has 4 rings (SSSR count). The molecule has 162 valence electrons. The van der Waals surface area contributed by atoms with Crippen molar-refractivity contribution < 1.29 is 4.79 Å². The van der Waals surface area contributed by atoms with E-state index in [1.807, 2.05) is 87.5 Å². The van der Waals surface area contributed by atoms with Gasteiger partial charge in [-0.15, -0.1) is 10.2 Å². The minimum atomic E-state index is -0.448. The molecule has 1 amide bonds. The van der Waals surface area contributed by atoms with Crippen LogP contribution in [-0.4, -0.2) is 16.1 Å². The quantitative estimate of drug-likeness (QED) is 0.301. The fourth-order valence-electron chi connectivity index (χ4n) is 3.39. The number of thioether (sulfide) groups is 1. The topological polar surface area (TPSA) is 66.9 Å². The number of anilines is 3. The zero-order chi connectivity index (χ0) is 22.5. The molecule has 1 unspecified atom stereocenters. The Hall–Kier alpha value is -3.16. The second-order valence-electron chi connectivity index (χ2n) is 7.59. The summed E-state index contributed by atoms with van der Waals surface area (Å²) in [4.78, 5) is 13.3. The monoisotopic (exact) mass is 460 g/mol. The number of rotatable bonds is 7. The lowest BCUT2D eigenvalue weighted by molar-refractivity contribution is -0.115. The lowest BCUT2D eigenvalue weighted by Crippen LogP contribution is -2.19. The normalized spacial score (nSPS) is 11.7. The summed E-state index contributed by atoms with van der Waals surface area (Å²) in [5.41, 5.74) is 6.07. The lowest BCUT2D eigenvalue weighted by atomic mass is 10.1. The van der Waals surface area contributed by atoms with Crippen molar-refractivity contribution in [1.82, 2.24) is 10.2 Å². The van der Waals surface area contributed by atoms with Crippen LogP contribution in [0.25, 0.3) is 0 Å². The van der Waals surface area contributed by atoms with E-state index in [-0.39, 0.29) is 5.91 Å². The van der Waals surface area contributed by atoms with Crippen LogP contribution in [0.1, 0.15) is 27.5 Å². The SMILES string of the molecule is Cc1cc(C)cc(NC(=O)C(Sc2nnc(Nc3ccccc3C)s2)c2ccccc2)c1. The number of carbonyl (C=O) groups excluding carboxylic acids is 1. The molecule has 1 aromatic heterocycles. The number of hydrogen-bond acceptors (Lipinski definition) is 6. The first kappa shape index (κ1) is 22.0. The summed E-state index contributed by atoms with van der Waals surface area (Å²) in [6, 6.07) is 23.8. The second-order valence-corrected chi connectivity index (χ2v) is 9.92. The minimum Gasteiger partial charge on any atom is -0.330 e. The number of nitrogens with one attached hydrogen (secondary N) is 2. The van der Waals surface area contributed by atoms with E-state index in [1.54, 1.807) is 0 Å². The Labute approximate surface area is 196 Å². The Bertz CT molecular complexity index is 1200. The van der Waals surface area contributed by atoms with Crippen LogP contribution in [0.15, 0.2) is 77.1 Å². The van der Waals surface area contributed by atoms with Crippen molar-refractivity contribution in [3.05, 3.63) is 95.1 Å². The fourth-order valence-corrected chi connectivity index (χ4v) is 5.35. The van der Waals surface area contributed by atoms with Gasteiger partial charge in [0, 0.05) is 11.4 Å². The fraction of sp³-hybridized carbons (Fsp3) is 0.160. The van der Waals surface area contributed by atoms with Gasteiger partial charge >= 0.3 is 0 Å². The second kappa shape index (κ2) is 9.97. The first-order chi connectivity index (χ1) is 15.5. The molecule has 0 aliphatic carbocycles. The number of hydrogen-bond donors (Lipinski definition) is 2. The average molecular weight is 461 g/mol. The molecular formula is C25H24N4OS2. The number of para-hydroxylation sites is 1. The Morgan fingerprint density at radius 2 is 1.59 bits per heavy atom. The van der Waals surface area contributed by atoms with Crippen molar-refractivity contribution in [3.8, 4) is 0 Å². The molecule has 7 heteroatoms. The molecule has 32 heavy (non-hydrogen) atoms. The van der Waals surface area contributed by atoms with Gasteiger partial charge in [-0.3, -0.25) is 4.79 Å². The van der Waals surface area contributed by atoms with E-state index in [0.29, 0.717) is 5.13 Å². The van der Waals surface area contributed by atoms with Crippen molar-refractivity contribution in [2.75, 3.05) is 10.6 Å². The van der Waals surface area contributed by atoms with Crippen LogP contribution in [0.3, 0.4) is 0 Å². The van der Waals surface area contributed by atoms with Crippen LogP contribution in [-0.2, 0) is 4.79 Å². The molecule has 1 atom stereocenters. The van der Waals surface area contributed by atoms with Crippen molar-refractivity contribution in [1.29, 1.82) is 0 Å². The summed E-state index contributed by atoms with van der Waals surface area (Å²) in [5, 5.41) is 15.2. The van der Waals surface area contributed by atoms with Crippen LogP contribution in [0, 0.1) is 20.8 Å².